The lowest BCUT2D eigenvalue weighted by atomic mass is 10.2. The first kappa shape index (κ1) is 20.9. The summed E-state index contributed by atoms with van der Waals surface area (Å²) in [4.78, 5) is 12.0. The highest BCUT2D eigenvalue weighted by Crippen LogP contribution is 2.25. The maximum absolute atomic E-state index is 12.0. The molecule has 0 aliphatic carbocycles. The van der Waals surface area contributed by atoms with Gasteiger partial charge in [-0.2, -0.15) is 0 Å². The van der Waals surface area contributed by atoms with Crippen LogP contribution >= 0.6 is 0 Å². The molecule has 0 spiro atoms. The van der Waals surface area contributed by atoms with Gasteiger partial charge in [0.2, 0.25) is 0 Å². The topological polar surface area (TPSA) is 80.9 Å². The largest absolute Gasteiger partial charge is 0.492 e. The second kappa shape index (κ2) is 10.6. The third kappa shape index (κ3) is 6.34. The Kier molecular flexibility index (Phi) is 7.67. The van der Waals surface area contributed by atoms with E-state index in [-0.39, 0.29) is 12.4 Å². The minimum absolute atomic E-state index is 0.0187. The van der Waals surface area contributed by atoms with Crippen LogP contribution in [0.15, 0.2) is 59.0 Å². The van der Waals surface area contributed by atoms with E-state index in [0.717, 1.165) is 17.6 Å². The van der Waals surface area contributed by atoms with E-state index in [1.54, 1.807) is 6.07 Å². The molecule has 0 aliphatic rings. The van der Waals surface area contributed by atoms with Gasteiger partial charge in [-0.25, -0.2) is 0 Å². The van der Waals surface area contributed by atoms with Gasteiger partial charge in [-0.05, 0) is 42.8 Å². The summed E-state index contributed by atoms with van der Waals surface area (Å²) in [5.74, 6) is 1.86. The summed E-state index contributed by atoms with van der Waals surface area (Å²) >= 11 is 0. The molecule has 1 heterocycles. The molecule has 0 saturated carbocycles. The third-order valence-electron chi connectivity index (χ3n) is 4.35. The Bertz CT molecular complexity index is 906. The van der Waals surface area contributed by atoms with Gasteiger partial charge in [0, 0.05) is 24.9 Å². The molecule has 1 atom stereocenters. The van der Waals surface area contributed by atoms with Crippen LogP contribution in [0.3, 0.4) is 0 Å². The Hall–Kier alpha value is -2.83. The van der Waals surface area contributed by atoms with Crippen molar-refractivity contribution in [1.29, 1.82) is 0 Å². The minimum Gasteiger partial charge on any atom is -0.492 e. The van der Waals surface area contributed by atoms with Gasteiger partial charge in [-0.3, -0.25) is 4.79 Å². The molecular weight excluding hydrogens is 370 g/mol. The number of aliphatic hydroxyl groups excluding tert-OH is 1. The van der Waals surface area contributed by atoms with Crippen molar-refractivity contribution < 1.29 is 23.8 Å². The maximum Gasteiger partial charge on any atom is 0.198 e. The summed E-state index contributed by atoms with van der Waals surface area (Å²) in [6.45, 7) is 3.66. The number of rotatable bonds is 12. The highest BCUT2D eigenvalue weighted by atomic mass is 16.5. The fraction of sp³-hybridized carbons (Fsp3) is 0.348. The number of para-hydroxylation sites is 1. The predicted molar refractivity (Wildman–Crippen MR) is 112 cm³/mol. The molecule has 2 N–H and O–H groups in total. The minimum atomic E-state index is -0.600. The zero-order valence-corrected chi connectivity index (χ0v) is 16.6. The Morgan fingerprint density at radius 1 is 1.10 bits per heavy atom. The molecule has 29 heavy (non-hydrogen) atoms. The van der Waals surface area contributed by atoms with Gasteiger partial charge in [0.15, 0.2) is 11.5 Å². The first-order valence-corrected chi connectivity index (χ1v) is 9.92. The van der Waals surface area contributed by atoms with Crippen LogP contribution in [-0.2, 0) is 0 Å². The Labute approximate surface area is 170 Å². The second-order valence-electron chi connectivity index (χ2n) is 6.81. The van der Waals surface area contributed by atoms with E-state index in [4.69, 9.17) is 13.9 Å². The molecule has 6 heteroatoms. The number of benzene rings is 2. The molecule has 0 bridgehead atoms. The molecule has 1 aromatic heterocycles. The van der Waals surface area contributed by atoms with Crippen LogP contribution in [0.4, 0.5) is 0 Å². The number of fused-ring (bicyclic) bond motifs is 1. The summed E-state index contributed by atoms with van der Waals surface area (Å²) in [5, 5.41) is 14.0. The van der Waals surface area contributed by atoms with Crippen LogP contribution in [-0.4, -0.2) is 43.3 Å². The summed E-state index contributed by atoms with van der Waals surface area (Å²) in [5.41, 5.74) is 0.677. The molecular formula is C23H27NO5. The number of nitrogens with one attached hydrogen (secondary N) is 1. The molecule has 3 aromatic rings. The quantitative estimate of drug-likeness (QED) is 0.357. The standard InChI is InChI=1S/C23H27NO5/c1-2-6-21(26)23-14-17-13-20(9-10-22(17)29-23)27-12-11-24-15-18(25)16-28-19-7-4-3-5-8-19/h3-5,7-10,13-14,18,24-25H,2,6,11-12,15-16H2,1H3/t18-/m0/s1. The van der Waals surface area contributed by atoms with Crippen LogP contribution in [0.1, 0.15) is 30.3 Å². The van der Waals surface area contributed by atoms with Gasteiger partial charge >= 0.3 is 0 Å². The molecule has 6 nitrogen and oxygen atoms in total. The van der Waals surface area contributed by atoms with Gasteiger partial charge in [0.05, 0.1) is 0 Å². The van der Waals surface area contributed by atoms with Crippen LogP contribution in [0.2, 0.25) is 0 Å². The zero-order chi connectivity index (χ0) is 20.5. The average molecular weight is 397 g/mol. The van der Waals surface area contributed by atoms with Crippen LogP contribution in [0.5, 0.6) is 11.5 Å². The summed E-state index contributed by atoms with van der Waals surface area (Å²) in [6.07, 6.45) is 0.679. The van der Waals surface area contributed by atoms with Crippen molar-refractivity contribution in [1.82, 2.24) is 5.32 Å². The second-order valence-corrected chi connectivity index (χ2v) is 6.81. The fourth-order valence-corrected chi connectivity index (χ4v) is 2.88. The van der Waals surface area contributed by atoms with Crippen LogP contribution in [0, 0.1) is 0 Å². The molecule has 0 aliphatic heterocycles. The van der Waals surface area contributed by atoms with E-state index in [2.05, 4.69) is 5.32 Å². The predicted octanol–water partition coefficient (Wildman–Crippen LogP) is 3.82. The molecule has 2 aromatic carbocycles. The highest BCUT2D eigenvalue weighted by Gasteiger charge is 2.12. The number of carbonyl (C=O) groups is 1. The summed E-state index contributed by atoms with van der Waals surface area (Å²) in [6, 6.07) is 16.7. The van der Waals surface area contributed by atoms with E-state index in [0.29, 0.717) is 43.2 Å². The van der Waals surface area contributed by atoms with Gasteiger partial charge in [0.1, 0.15) is 36.4 Å². The van der Waals surface area contributed by atoms with Crippen molar-refractivity contribution in [3.05, 3.63) is 60.4 Å². The monoisotopic (exact) mass is 397 g/mol. The number of furan rings is 1. The van der Waals surface area contributed by atoms with Crippen molar-refractivity contribution in [2.75, 3.05) is 26.3 Å². The SMILES string of the molecule is CCCC(=O)c1cc2cc(OCCNC[C@H](O)COc3ccccc3)ccc2o1. The Morgan fingerprint density at radius 2 is 1.93 bits per heavy atom. The number of ether oxygens (including phenoxy) is 2. The summed E-state index contributed by atoms with van der Waals surface area (Å²) in [7, 11) is 0. The lowest BCUT2D eigenvalue weighted by Crippen LogP contribution is -2.33. The van der Waals surface area contributed by atoms with Crippen molar-refractivity contribution in [2.45, 2.75) is 25.9 Å². The highest BCUT2D eigenvalue weighted by molar-refractivity contribution is 5.97. The zero-order valence-electron chi connectivity index (χ0n) is 16.6. The smallest absolute Gasteiger partial charge is 0.198 e. The molecule has 0 unspecified atom stereocenters. The summed E-state index contributed by atoms with van der Waals surface area (Å²) < 4.78 is 16.9. The van der Waals surface area contributed by atoms with Crippen molar-refractivity contribution in [3.63, 3.8) is 0 Å². The molecule has 154 valence electrons. The molecule has 0 saturated heterocycles. The van der Waals surface area contributed by atoms with E-state index in [9.17, 15) is 9.90 Å². The van der Waals surface area contributed by atoms with Crippen LogP contribution < -0.4 is 14.8 Å². The number of hydrogen-bond donors (Lipinski definition) is 2. The van der Waals surface area contributed by atoms with Gasteiger partial charge in [-0.15, -0.1) is 0 Å². The van der Waals surface area contributed by atoms with Gasteiger partial charge in [0.25, 0.3) is 0 Å². The van der Waals surface area contributed by atoms with Crippen molar-refractivity contribution in [2.24, 2.45) is 0 Å². The van der Waals surface area contributed by atoms with Gasteiger partial charge in [-0.1, -0.05) is 25.1 Å². The Balaban J connectivity index is 1.37. The number of ketones is 1. The normalized spacial score (nSPS) is 12.1. The number of Topliss-reactive ketones (excluding diaryl/α,β-unsaturated/α-hetero) is 1. The molecule has 0 amide bonds. The molecule has 0 radical (unpaired) electrons. The van der Waals surface area contributed by atoms with Crippen molar-refractivity contribution in [3.8, 4) is 11.5 Å². The number of carbonyl (C=O) groups excluding carboxylic acids is 1. The van der Waals surface area contributed by atoms with Crippen molar-refractivity contribution >= 4 is 16.8 Å². The van der Waals surface area contributed by atoms with E-state index in [1.807, 2.05) is 55.5 Å². The van der Waals surface area contributed by atoms with E-state index in [1.165, 1.54) is 0 Å². The lowest BCUT2D eigenvalue weighted by Gasteiger charge is -2.13. The maximum atomic E-state index is 12.0. The first-order chi connectivity index (χ1) is 14.2. The Morgan fingerprint density at radius 3 is 2.72 bits per heavy atom. The van der Waals surface area contributed by atoms with E-state index < -0.39 is 6.10 Å². The third-order valence-corrected chi connectivity index (χ3v) is 4.35. The van der Waals surface area contributed by atoms with Gasteiger partial charge < -0.3 is 24.3 Å². The molecule has 3 rings (SSSR count). The van der Waals surface area contributed by atoms with Crippen LogP contribution in [0.25, 0.3) is 11.0 Å². The molecule has 0 fully saturated rings. The van der Waals surface area contributed by atoms with E-state index >= 15 is 0 Å². The number of hydrogen-bond acceptors (Lipinski definition) is 6. The fourth-order valence-electron chi connectivity index (χ4n) is 2.88. The lowest BCUT2D eigenvalue weighted by molar-refractivity contribution is 0.0957. The number of aliphatic hydroxyl groups is 1. The average Bonchev–Trinajstić information content (AvgIpc) is 3.16. The first-order valence-electron chi connectivity index (χ1n) is 9.92.